The number of amides is 1. The fraction of sp³-hybridized carbons (Fsp3) is 0.706. The Balaban J connectivity index is 1.07. The normalized spacial score (nSPS) is 11.9. The Hall–Kier alpha value is -4.00. The molecule has 0 radical (unpaired) electrons. The van der Waals surface area contributed by atoms with Gasteiger partial charge in [0.2, 0.25) is 0 Å². The van der Waals surface area contributed by atoms with Gasteiger partial charge in [0.1, 0.15) is 31.3 Å². The minimum atomic E-state index is -0.644. The van der Waals surface area contributed by atoms with Gasteiger partial charge >= 0.3 is 12.1 Å². The highest BCUT2D eigenvalue weighted by Crippen LogP contribution is 2.44. The van der Waals surface area contributed by atoms with E-state index >= 15 is 0 Å². The van der Waals surface area contributed by atoms with Crippen molar-refractivity contribution in [2.24, 2.45) is 0 Å². The SMILES string of the molecule is CCCCCCCCCCCCCCCCCCCCCCOc1cc(COC(=O)CNC(=O)OCC2c3ccccc3-c3ccccc32)cc(OCCCCCCCCCCCCCCCCCCCCCC)c1. The van der Waals surface area contributed by atoms with Crippen LogP contribution in [0.3, 0.4) is 0 Å². The van der Waals surface area contributed by atoms with Gasteiger partial charge in [0.25, 0.3) is 0 Å². The predicted molar refractivity (Wildman–Crippen MR) is 316 cm³/mol. The van der Waals surface area contributed by atoms with Gasteiger partial charge in [-0.25, -0.2) is 4.79 Å². The second-order valence-corrected chi connectivity index (χ2v) is 22.3. The minimum absolute atomic E-state index is 0.0527. The first-order valence-corrected chi connectivity index (χ1v) is 31.7. The molecule has 0 spiro atoms. The molecule has 7 heteroatoms. The smallest absolute Gasteiger partial charge is 0.407 e. The van der Waals surface area contributed by atoms with E-state index < -0.39 is 12.1 Å². The number of carbonyl (C=O) groups is 2. The average Bonchev–Trinajstić information content (AvgIpc) is 3.76. The maximum Gasteiger partial charge on any atom is 0.407 e. The zero-order valence-electron chi connectivity index (χ0n) is 48.2. The summed E-state index contributed by atoms with van der Waals surface area (Å²) in [4.78, 5) is 25.6. The third kappa shape index (κ3) is 30.5. The molecule has 75 heavy (non-hydrogen) atoms. The van der Waals surface area contributed by atoms with E-state index in [1.165, 1.54) is 242 Å². The average molecular weight is 1040 g/mol. The molecule has 0 saturated heterocycles. The van der Waals surface area contributed by atoms with Crippen LogP contribution in [0.2, 0.25) is 0 Å². The number of rotatable bonds is 50. The van der Waals surface area contributed by atoms with E-state index in [0.29, 0.717) is 13.2 Å². The summed E-state index contributed by atoms with van der Waals surface area (Å²) in [6.45, 7) is 5.83. The van der Waals surface area contributed by atoms with E-state index in [-0.39, 0.29) is 25.7 Å². The molecule has 0 bridgehead atoms. The van der Waals surface area contributed by atoms with Gasteiger partial charge in [-0.05, 0) is 52.8 Å². The van der Waals surface area contributed by atoms with Crippen LogP contribution in [0.4, 0.5) is 4.79 Å². The van der Waals surface area contributed by atoms with Crippen LogP contribution in [0.1, 0.15) is 293 Å². The van der Waals surface area contributed by atoms with Gasteiger partial charge in [-0.2, -0.15) is 0 Å². The van der Waals surface area contributed by atoms with Crippen LogP contribution < -0.4 is 14.8 Å². The van der Waals surface area contributed by atoms with Gasteiger partial charge < -0.3 is 24.3 Å². The summed E-state index contributed by atoms with van der Waals surface area (Å²) in [6, 6.07) is 22.3. The van der Waals surface area contributed by atoms with Gasteiger partial charge in [0.15, 0.2) is 0 Å². The van der Waals surface area contributed by atoms with Crippen molar-refractivity contribution in [3.05, 3.63) is 83.4 Å². The molecule has 0 saturated carbocycles. The molecule has 1 amide bonds. The Labute approximate surface area is 459 Å². The lowest BCUT2D eigenvalue weighted by atomic mass is 9.98. The maximum atomic E-state index is 12.9. The molecule has 0 atom stereocenters. The molecule has 4 rings (SSSR count). The zero-order valence-corrected chi connectivity index (χ0v) is 48.2. The molecule has 0 unspecified atom stereocenters. The highest BCUT2D eigenvalue weighted by Gasteiger charge is 2.29. The van der Waals surface area contributed by atoms with Crippen molar-refractivity contribution in [1.82, 2.24) is 5.32 Å². The maximum absolute atomic E-state index is 12.9. The third-order valence-corrected chi connectivity index (χ3v) is 15.6. The number of ether oxygens (including phenoxy) is 4. The molecule has 1 aliphatic rings. The number of hydrogen-bond acceptors (Lipinski definition) is 6. The molecular formula is C68H109NO6. The second-order valence-electron chi connectivity index (χ2n) is 22.3. The largest absolute Gasteiger partial charge is 0.493 e. The van der Waals surface area contributed by atoms with E-state index in [1.807, 2.05) is 42.5 Å². The zero-order chi connectivity index (χ0) is 52.9. The van der Waals surface area contributed by atoms with Crippen LogP contribution in [-0.2, 0) is 20.9 Å². The summed E-state index contributed by atoms with van der Waals surface area (Å²) in [6.07, 6.45) is 53.9. The van der Waals surface area contributed by atoms with Crippen molar-refractivity contribution in [3.63, 3.8) is 0 Å². The second kappa shape index (κ2) is 44.0. The topological polar surface area (TPSA) is 83.1 Å². The molecule has 0 heterocycles. The highest BCUT2D eigenvalue weighted by molar-refractivity contribution is 5.80. The minimum Gasteiger partial charge on any atom is -0.493 e. The van der Waals surface area contributed by atoms with Gasteiger partial charge in [0.05, 0.1) is 13.2 Å². The van der Waals surface area contributed by atoms with E-state index in [2.05, 4.69) is 43.4 Å². The van der Waals surface area contributed by atoms with Crippen LogP contribution in [0.15, 0.2) is 66.7 Å². The summed E-state index contributed by atoms with van der Waals surface area (Å²) in [7, 11) is 0. The van der Waals surface area contributed by atoms with E-state index in [1.54, 1.807) is 0 Å². The van der Waals surface area contributed by atoms with Crippen molar-refractivity contribution in [3.8, 4) is 22.6 Å². The Kier molecular flexibility index (Phi) is 37.3. The number of nitrogens with one attached hydrogen (secondary N) is 1. The molecule has 1 N–H and O–H groups in total. The third-order valence-electron chi connectivity index (χ3n) is 15.6. The van der Waals surface area contributed by atoms with Crippen LogP contribution in [-0.4, -0.2) is 38.4 Å². The van der Waals surface area contributed by atoms with Crippen LogP contribution in [0, 0.1) is 0 Å². The molecule has 0 fully saturated rings. The van der Waals surface area contributed by atoms with E-state index in [4.69, 9.17) is 18.9 Å². The lowest BCUT2D eigenvalue weighted by molar-refractivity contribution is -0.143. The quantitative estimate of drug-likeness (QED) is 0.0448. The lowest BCUT2D eigenvalue weighted by Crippen LogP contribution is -2.32. The van der Waals surface area contributed by atoms with E-state index in [9.17, 15) is 9.59 Å². The van der Waals surface area contributed by atoms with Crippen molar-refractivity contribution in [2.75, 3.05) is 26.4 Å². The predicted octanol–water partition coefficient (Wildman–Crippen LogP) is 20.7. The molecule has 422 valence electrons. The Morgan fingerprint density at radius 2 is 0.720 bits per heavy atom. The van der Waals surface area contributed by atoms with Crippen molar-refractivity contribution >= 4 is 12.1 Å². The molecular weight excluding hydrogens is 927 g/mol. The first-order chi connectivity index (χ1) is 37.1. The number of carbonyl (C=O) groups excluding carboxylic acids is 2. The molecule has 0 aliphatic heterocycles. The Morgan fingerprint density at radius 3 is 1.07 bits per heavy atom. The van der Waals surface area contributed by atoms with Gasteiger partial charge in [-0.3, -0.25) is 4.79 Å². The van der Waals surface area contributed by atoms with Gasteiger partial charge in [-0.15, -0.1) is 0 Å². The summed E-state index contributed by atoms with van der Waals surface area (Å²) in [5.41, 5.74) is 5.41. The monoisotopic (exact) mass is 1040 g/mol. The van der Waals surface area contributed by atoms with Crippen molar-refractivity contribution in [1.29, 1.82) is 0 Å². The van der Waals surface area contributed by atoms with Crippen molar-refractivity contribution in [2.45, 2.75) is 283 Å². The van der Waals surface area contributed by atoms with Crippen molar-refractivity contribution < 1.29 is 28.5 Å². The molecule has 1 aliphatic carbocycles. The number of esters is 1. The molecule has 3 aromatic rings. The summed E-state index contributed by atoms with van der Waals surface area (Å²) in [5.74, 6) is 0.877. The summed E-state index contributed by atoms with van der Waals surface area (Å²) < 4.78 is 23.8. The number of benzene rings is 3. The number of alkyl carbamates (subject to hydrolysis) is 1. The van der Waals surface area contributed by atoms with E-state index in [0.717, 1.165) is 53.9 Å². The van der Waals surface area contributed by atoms with Crippen LogP contribution in [0.25, 0.3) is 11.1 Å². The number of unbranched alkanes of at least 4 members (excludes halogenated alkanes) is 38. The number of fused-ring (bicyclic) bond motifs is 3. The van der Waals surface area contributed by atoms with Crippen LogP contribution in [0.5, 0.6) is 11.5 Å². The highest BCUT2D eigenvalue weighted by atomic mass is 16.6. The number of hydrogen-bond donors (Lipinski definition) is 1. The van der Waals surface area contributed by atoms with Gasteiger partial charge in [-0.1, -0.05) is 306 Å². The standard InChI is InChI=1S/C68H109NO6/c1-3-5-7-9-11-13-15-17-19-21-23-25-27-29-31-33-35-37-39-45-51-72-60-53-59(57-74-67(70)56-69-68(71)75-58-66-64-49-43-41-47-62(64)63-48-42-44-50-65(63)66)54-61(55-60)73-52-46-40-38-36-34-32-30-28-26-24-22-20-18-16-14-12-10-8-6-4-2/h41-44,47-50,53-55,66H,3-40,45-46,51-52,56-58H2,1-2H3,(H,69,71). The Morgan fingerprint density at radius 1 is 0.400 bits per heavy atom. The van der Waals surface area contributed by atoms with Crippen LogP contribution >= 0.6 is 0 Å². The fourth-order valence-corrected chi connectivity index (χ4v) is 11.0. The fourth-order valence-electron chi connectivity index (χ4n) is 11.0. The lowest BCUT2D eigenvalue weighted by Gasteiger charge is -2.15. The molecule has 7 nitrogen and oxygen atoms in total. The first-order valence-electron chi connectivity index (χ1n) is 31.7. The summed E-state index contributed by atoms with van der Waals surface area (Å²) >= 11 is 0. The molecule has 0 aromatic heterocycles. The van der Waals surface area contributed by atoms with Gasteiger partial charge in [0, 0.05) is 12.0 Å². The summed E-state index contributed by atoms with van der Waals surface area (Å²) in [5, 5.41) is 2.59. The Bertz CT molecular complexity index is 1750. The molecule has 3 aromatic carbocycles. The first kappa shape index (κ1) is 63.5.